The van der Waals surface area contributed by atoms with Gasteiger partial charge in [-0.05, 0) is 13.8 Å². The van der Waals surface area contributed by atoms with E-state index in [1.165, 1.54) is 23.8 Å². The highest BCUT2D eigenvalue weighted by Crippen LogP contribution is 2.06. The third-order valence-corrected chi connectivity index (χ3v) is 2.57. The quantitative estimate of drug-likeness (QED) is 0.694. The van der Waals surface area contributed by atoms with Gasteiger partial charge in [-0.2, -0.15) is 0 Å². The molecule has 0 aliphatic carbocycles. The molecule has 1 N–H and O–H groups in total. The van der Waals surface area contributed by atoms with E-state index in [1.54, 1.807) is 6.92 Å². The van der Waals surface area contributed by atoms with Gasteiger partial charge < -0.3 is 14.4 Å². The zero-order chi connectivity index (χ0) is 13.9. The fourth-order valence-corrected chi connectivity index (χ4v) is 1.54. The van der Waals surface area contributed by atoms with Gasteiger partial charge in [-0.15, -0.1) is 0 Å². The molecule has 0 saturated heterocycles. The maximum atomic E-state index is 11.9. The molecule has 1 aromatic rings. The van der Waals surface area contributed by atoms with Crippen molar-refractivity contribution >= 4 is 5.97 Å². The minimum atomic E-state index is -1.93. The van der Waals surface area contributed by atoms with Gasteiger partial charge >= 0.3 is 11.7 Å². The predicted octanol–water partition coefficient (Wildman–Crippen LogP) is -1.05. The Kier molecular flexibility index (Phi) is 4.07. The first-order valence-electron chi connectivity index (χ1n) is 5.44. The van der Waals surface area contributed by atoms with E-state index in [0.717, 1.165) is 11.7 Å². The Morgan fingerprint density at radius 2 is 2.11 bits per heavy atom. The van der Waals surface area contributed by atoms with Gasteiger partial charge in [0.25, 0.3) is 5.56 Å². The van der Waals surface area contributed by atoms with Crippen LogP contribution in [0.15, 0.2) is 21.9 Å². The van der Waals surface area contributed by atoms with Crippen molar-refractivity contribution in [2.45, 2.75) is 32.5 Å². The van der Waals surface area contributed by atoms with E-state index in [4.69, 9.17) is 0 Å². The lowest BCUT2D eigenvalue weighted by Gasteiger charge is -2.20. The van der Waals surface area contributed by atoms with E-state index in [9.17, 15) is 19.5 Å². The predicted molar refractivity (Wildman–Crippen MR) is 63.3 cm³/mol. The molecule has 0 fully saturated rings. The van der Waals surface area contributed by atoms with Crippen molar-refractivity contribution in [3.63, 3.8) is 0 Å². The maximum absolute atomic E-state index is 11.9. The molecule has 1 unspecified atom stereocenters. The van der Waals surface area contributed by atoms with Crippen LogP contribution >= 0.6 is 0 Å². The van der Waals surface area contributed by atoms with Crippen LogP contribution in [0, 0.1) is 0 Å². The highest BCUT2D eigenvalue weighted by atomic mass is 16.5. The first-order chi connectivity index (χ1) is 8.33. The Hall–Kier alpha value is -1.89. The average molecular weight is 256 g/mol. The van der Waals surface area contributed by atoms with Gasteiger partial charge in [-0.3, -0.25) is 9.36 Å². The van der Waals surface area contributed by atoms with E-state index in [0.29, 0.717) is 6.54 Å². The second kappa shape index (κ2) is 5.18. The molecule has 0 radical (unpaired) electrons. The van der Waals surface area contributed by atoms with Crippen LogP contribution in [0.3, 0.4) is 0 Å². The second-order valence-electron chi connectivity index (χ2n) is 4.07. The topological polar surface area (TPSA) is 90.5 Å². The van der Waals surface area contributed by atoms with Crippen LogP contribution in [0.4, 0.5) is 0 Å². The van der Waals surface area contributed by atoms with Crippen molar-refractivity contribution in [2.75, 3.05) is 7.11 Å². The molecule has 1 heterocycles. The number of rotatable bonds is 4. The van der Waals surface area contributed by atoms with Gasteiger partial charge in [0.15, 0.2) is 5.60 Å². The van der Waals surface area contributed by atoms with Gasteiger partial charge in [0.2, 0.25) is 0 Å². The van der Waals surface area contributed by atoms with Crippen molar-refractivity contribution in [3.8, 4) is 0 Å². The zero-order valence-electron chi connectivity index (χ0n) is 10.5. The summed E-state index contributed by atoms with van der Waals surface area (Å²) in [6.45, 7) is 2.88. The summed E-state index contributed by atoms with van der Waals surface area (Å²) in [5, 5.41) is 9.87. The lowest BCUT2D eigenvalue weighted by molar-refractivity contribution is -0.161. The van der Waals surface area contributed by atoms with E-state index < -0.39 is 29.4 Å². The third-order valence-electron chi connectivity index (χ3n) is 2.57. The molecule has 100 valence electrons. The molecule has 0 bridgehead atoms. The number of methoxy groups -OCH3 is 1. The SMILES string of the molecule is CCn1ccc(=O)n(CC(C)(O)C(=O)OC)c1=O. The van der Waals surface area contributed by atoms with Crippen LogP contribution in [-0.4, -0.2) is 32.9 Å². The molecule has 7 nitrogen and oxygen atoms in total. The average Bonchev–Trinajstić information content (AvgIpc) is 2.33. The summed E-state index contributed by atoms with van der Waals surface area (Å²) in [5.41, 5.74) is -3.08. The number of aryl methyl sites for hydroxylation is 1. The maximum Gasteiger partial charge on any atom is 0.339 e. The summed E-state index contributed by atoms with van der Waals surface area (Å²) in [5.74, 6) is -0.902. The van der Waals surface area contributed by atoms with E-state index in [2.05, 4.69) is 4.74 Å². The molecule has 0 spiro atoms. The Labute approximate surface area is 103 Å². The molecule has 0 aliphatic heterocycles. The van der Waals surface area contributed by atoms with E-state index in [1.807, 2.05) is 0 Å². The molecule has 0 amide bonds. The Morgan fingerprint density at radius 3 is 2.61 bits per heavy atom. The fourth-order valence-electron chi connectivity index (χ4n) is 1.54. The molecule has 1 atom stereocenters. The molecular weight excluding hydrogens is 240 g/mol. The standard InChI is InChI=1S/C11H16N2O5/c1-4-12-6-5-8(14)13(10(12)16)7-11(2,17)9(15)18-3/h5-6,17H,4,7H2,1-3H3. The van der Waals surface area contributed by atoms with Gasteiger partial charge in [-0.1, -0.05) is 0 Å². The van der Waals surface area contributed by atoms with Gasteiger partial charge in [0, 0.05) is 18.8 Å². The summed E-state index contributed by atoms with van der Waals surface area (Å²) in [6.07, 6.45) is 1.37. The summed E-state index contributed by atoms with van der Waals surface area (Å²) >= 11 is 0. The third kappa shape index (κ3) is 2.67. The highest BCUT2D eigenvalue weighted by molar-refractivity contribution is 5.78. The molecular formula is C11H16N2O5. The Balaban J connectivity index is 3.24. The Bertz CT molecular complexity index is 555. The van der Waals surface area contributed by atoms with E-state index in [-0.39, 0.29) is 0 Å². The number of hydrogen-bond acceptors (Lipinski definition) is 5. The smallest absolute Gasteiger partial charge is 0.339 e. The summed E-state index contributed by atoms with van der Waals surface area (Å²) in [4.78, 5) is 34.8. The van der Waals surface area contributed by atoms with Crippen LogP contribution in [-0.2, 0) is 22.6 Å². The molecule has 7 heteroatoms. The summed E-state index contributed by atoms with van der Waals surface area (Å²) < 4.78 is 6.52. The summed E-state index contributed by atoms with van der Waals surface area (Å²) in [6, 6.07) is 1.21. The van der Waals surface area contributed by atoms with Crippen molar-refractivity contribution in [3.05, 3.63) is 33.1 Å². The molecule has 1 aromatic heterocycles. The van der Waals surface area contributed by atoms with Crippen molar-refractivity contribution in [2.24, 2.45) is 0 Å². The number of esters is 1. The fraction of sp³-hybridized carbons (Fsp3) is 0.545. The first-order valence-corrected chi connectivity index (χ1v) is 5.44. The van der Waals surface area contributed by atoms with Crippen LogP contribution in [0.1, 0.15) is 13.8 Å². The van der Waals surface area contributed by atoms with Crippen LogP contribution < -0.4 is 11.2 Å². The minimum absolute atomic E-state index is 0.388. The van der Waals surface area contributed by atoms with Crippen molar-refractivity contribution in [1.82, 2.24) is 9.13 Å². The molecule has 1 rings (SSSR count). The second-order valence-corrected chi connectivity index (χ2v) is 4.07. The number of nitrogens with zero attached hydrogens (tertiary/aromatic N) is 2. The van der Waals surface area contributed by atoms with Gasteiger partial charge in [0.1, 0.15) is 0 Å². The van der Waals surface area contributed by atoms with Crippen molar-refractivity contribution in [1.29, 1.82) is 0 Å². The Morgan fingerprint density at radius 1 is 1.50 bits per heavy atom. The van der Waals surface area contributed by atoms with E-state index >= 15 is 0 Å². The number of carbonyl (C=O) groups is 1. The number of aromatic nitrogens is 2. The van der Waals surface area contributed by atoms with Crippen LogP contribution in [0.25, 0.3) is 0 Å². The number of ether oxygens (including phenoxy) is 1. The number of carbonyl (C=O) groups excluding carboxylic acids is 1. The zero-order valence-corrected chi connectivity index (χ0v) is 10.5. The highest BCUT2D eigenvalue weighted by Gasteiger charge is 2.33. The van der Waals surface area contributed by atoms with Gasteiger partial charge in [0.05, 0.1) is 13.7 Å². The molecule has 0 aliphatic rings. The normalized spacial score (nSPS) is 14.0. The van der Waals surface area contributed by atoms with Crippen LogP contribution in [0.5, 0.6) is 0 Å². The summed E-state index contributed by atoms with van der Waals surface area (Å²) in [7, 11) is 1.12. The monoisotopic (exact) mass is 256 g/mol. The molecule has 18 heavy (non-hydrogen) atoms. The minimum Gasteiger partial charge on any atom is -0.467 e. The van der Waals surface area contributed by atoms with Gasteiger partial charge in [-0.25, -0.2) is 9.59 Å². The first kappa shape index (κ1) is 14.2. The number of aliphatic hydroxyl groups is 1. The molecule has 0 aromatic carbocycles. The lowest BCUT2D eigenvalue weighted by Crippen LogP contribution is -2.48. The number of hydrogen-bond donors (Lipinski definition) is 1. The van der Waals surface area contributed by atoms with Crippen molar-refractivity contribution < 1.29 is 14.6 Å². The lowest BCUT2D eigenvalue weighted by atomic mass is 10.1. The largest absolute Gasteiger partial charge is 0.467 e. The van der Waals surface area contributed by atoms with Crippen LogP contribution in [0.2, 0.25) is 0 Å². The molecule has 0 saturated carbocycles.